The van der Waals surface area contributed by atoms with E-state index in [1.54, 1.807) is 7.11 Å². The zero-order valence-electron chi connectivity index (χ0n) is 14.2. The number of rotatable bonds is 8. The van der Waals surface area contributed by atoms with E-state index < -0.39 is 0 Å². The number of amides is 1. The average molecular weight is 345 g/mol. The van der Waals surface area contributed by atoms with Crippen LogP contribution in [0.1, 0.15) is 19.4 Å². The van der Waals surface area contributed by atoms with Crippen molar-refractivity contribution in [2.24, 2.45) is 0 Å². The highest BCUT2D eigenvalue weighted by Gasteiger charge is 2.05. The van der Waals surface area contributed by atoms with Gasteiger partial charge in [-0.05, 0) is 55.8 Å². The quantitative estimate of drug-likeness (QED) is 0.737. The zero-order chi connectivity index (χ0) is 17.4. The minimum Gasteiger partial charge on any atom is -0.497 e. The van der Waals surface area contributed by atoms with Crippen LogP contribution in [0.3, 0.4) is 0 Å². The summed E-state index contributed by atoms with van der Waals surface area (Å²) in [5.74, 6) is 2.02. The summed E-state index contributed by atoms with van der Waals surface area (Å²) < 4.78 is 10.8. The normalized spacial score (nSPS) is 10.5. The summed E-state index contributed by atoms with van der Waals surface area (Å²) in [6.45, 7) is 4.48. The molecular formula is C19H23NO3S. The summed E-state index contributed by atoms with van der Waals surface area (Å²) >= 11 is 1.50. The van der Waals surface area contributed by atoms with Crippen molar-refractivity contribution in [1.29, 1.82) is 0 Å². The topological polar surface area (TPSA) is 47.6 Å². The highest BCUT2D eigenvalue weighted by atomic mass is 32.2. The van der Waals surface area contributed by atoms with Gasteiger partial charge in [0.2, 0.25) is 5.91 Å². The first kappa shape index (κ1) is 18.2. The number of hydrogen-bond acceptors (Lipinski definition) is 4. The molecule has 0 saturated heterocycles. The number of ether oxygens (including phenoxy) is 2. The molecule has 24 heavy (non-hydrogen) atoms. The smallest absolute Gasteiger partial charge is 0.230 e. The van der Waals surface area contributed by atoms with Gasteiger partial charge in [0.05, 0.1) is 19.0 Å². The van der Waals surface area contributed by atoms with Crippen molar-refractivity contribution in [2.75, 3.05) is 12.9 Å². The molecule has 0 aliphatic heterocycles. The van der Waals surface area contributed by atoms with Gasteiger partial charge in [-0.3, -0.25) is 4.79 Å². The van der Waals surface area contributed by atoms with Crippen LogP contribution >= 0.6 is 11.8 Å². The monoisotopic (exact) mass is 345 g/mol. The van der Waals surface area contributed by atoms with Crippen molar-refractivity contribution in [3.05, 3.63) is 54.1 Å². The number of nitrogens with one attached hydrogen (secondary N) is 1. The maximum absolute atomic E-state index is 12.0. The van der Waals surface area contributed by atoms with Crippen LogP contribution in [-0.4, -0.2) is 24.9 Å². The van der Waals surface area contributed by atoms with Crippen molar-refractivity contribution < 1.29 is 14.3 Å². The summed E-state index contributed by atoms with van der Waals surface area (Å²) in [5, 5.41) is 2.93. The minimum absolute atomic E-state index is 0.00555. The predicted octanol–water partition coefficient (Wildman–Crippen LogP) is 3.89. The van der Waals surface area contributed by atoms with Gasteiger partial charge in [0.1, 0.15) is 11.5 Å². The Morgan fingerprint density at radius 1 is 1.12 bits per heavy atom. The summed E-state index contributed by atoms with van der Waals surface area (Å²) in [7, 11) is 1.64. The van der Waals surface area contributed by atoms with Gasteiger partial charge < -0.3 is 14.8 Å². The van der Waals surface area contributed by atoms with Crippen LogP contribution in [0.4, 0.5) is 0 Å². The standard InChI is InChI=1S/C19H23NO3S/c1-14(2)23-17-6-4-5-15(11-17)12-20-19(21)13-24-18-9-7-16(22-3)8-10-18/h4-11,14H,12-13H2,1-3H3,(H,20,21). The number of benzene rings is 2. The third kappa shape index (κ3) is 6.16. The molecule has 2 aromatic rings. The van der Waals surface area contributed by atoms with Gasteiger partial charge in [0.25, 0.3) is 0 Å². The molecule has 0 bridgehead atoms. The van der Waals surface area contributed by atoms with Crippen LogP contribution in [0.15, 0.2) is 53.4 Å². The zero-order valence-corrected chi connectivity index (χ0v) is 15.1. The lowest BCUT2D eigenvalue weighted by atomic mass is 10.2. The molecule has 1 N–H and O–H groups in total. The second kappa shape index (κ2) is 9.23. The molecule has 2 aromatic carbocycles. The molecule has 0 atom stereocenters. The lowest BCUT2D eigenvalue weighted by molar-refractivity contribution is -0.118. The van der Waals surface area contributed by atoms with E-state index in [4.69, 9.17) is 9.47 Å². The summed E-state index contributed by atoms with van der Waals surface area (Å²) in [4.78, 5) is 13.0. The average Bonchev–Trinajstić information content (AvgIpc) is 2.58. The Kier molecular flexibility index (Phi) is 7.00. The van der Waals surface area contributed by atoms with Crippen molar-refractivity contribution >= 4 is 17.7 Å². The molecule has 0 fully saturated rings. The van der Waals surface area contributed by atoms with E-state index in [-0.39, 0.29) is 12.0 Å². The van der Waals surface area contributed by atoms with Gasteiger partial charge in [0.15, 0.2) is 0 Å². The number of carbonyl (C=O) groups is 1. The fourth-order valence-electron chi connectivity index (χ4n) is 2.07. The Morgan fingerprint density at radius 2 is 1.88 bits per heavy atom. The summed E-state index contributed by atoms with van der Waals surface area (Å²) in [6.07, 6.45) is 0.135. The van der Waals surface area contributed by atoms with Crippen molar-refractivity contribution in [1.82, 2.24) is 5.32 Å². The molecule has 0 spiro atoms. The van der Waals surface area contributed by atoms with Crippen LogP contribution in [-0.2, 0) is 11.3 Å². The van der Waals surface area contributed by atoms with E-state index >= 15 is 0 Å². The van der Waals surface area contributed by atoms with Crippen LogP contribution in [0.5, 0.6) is 11.5 Å². The molecule has 0 aliphatic carbocycles. The Labute approximate surface area is 147 Å². The van der Waals surface area contributed by atoms with Crippen LogP contribution in [0.25, 0.3) is 0 Å². The number of hydrogen-bond donors (Lipinski definition) is 1. The molecule has 0 saturated carbocycles. The molecule has 1 amide bonds. The van der Waals surface area contributed by atoms with E-state index in [9.17, 15) is 4.79 Å². The lowest BCUT2D eigenvalue weighted by Gasteiger charge is -2.11. The molecule has 128 valence electrons. The first-order valence-corrected chi connectivity index (χ1v) is 8.84. The van der Waals surface area contributed by atoms with Gasteiger partial charge in [-0.15, -0.1) is 11.8 Å². The number of thioether (sulfide) groups is 1. The van der Waals surface area contributed by atoms with E-state index in [2.05, 4.69) is 5.32 Å². The van der Waals surface area contributed by atoms with E-state index in [1.807, 2.05) is 62.4 Å². The van der Waals surface area contributed by atoms with Gasteiger partial charge >= 0.3 is 0 Å². The molecule has 0 unspecified atom stereocenters. The molecule has 0 heterocycles. The summed E-state index contributed by atoms with van der Waals surface area (Å²) in [6, 6.07) is 15.5. The molecule has 2 rings (SSSR count). The number of carbonyl (C=O) groups excluding carboxylic acids is 1. The maximum Gasteiger partial charge on any atom is 0.230 e. The summed E-state index contributed by atoms with van der Waals surface area (Å²) in [5.41, 5.74) is 1.02. The van der Waals surface area contributed by atoms with Crippen molar-refractivity contribution in [2.45, 2.75) is 31.4 Å². The lowest BCUT2D eigenvalue weighted by Crippen LogP contribution is -2.24. The Morgan fingerprint density at radius 3 is 2.54 bits per heavy atom. The SMILES string of the molecule is COc1ccc(SCC(=O)NCc2cccc(OC(C)C)c2)cc1. The molecule has 0 radical (unpaired) electrons. The van der Waals surface area contributed by atoms with E-state index in [0.717, 1.165) is 22.0 Å². The third-order valence-electron chi connectivity index (χ3n) is 3.19. The molecule has 5 heteroatoms. The Hall–Kier alpha value is -2.14. The van der Waals surface area contributed by atoms with Gasteiger partial charge in [-0.1, -0.05) is 12.1 Å². The van der Waals surface area contributed by atoms with Crippen molar-refractivity contribution in [3.63, 3.8) is 0 Å². The van der Waals surface area contributed by atoms with Gasteiger partial charge in [-0.2, -0.15) is 0 Å². The van der Waals surface area contributed by atoms with Crippen LogP contribution in [0.2, 0.25) is 0 Å². The fraction of sp³-hybridized carbons (Fsp3) is 0.316. The Balaban J connectivity index is 1.78. The second-order valence-corrected chi connectivity index (χ2v) is 6.60. The Bertz CT molecular complexity index is 656. The maximum atomic E-state index is 12.0. The fourth-order valence-corrected chi connectivity index (χ4v) is 2.80. The molecule has 0 aliphatic rings. The van der Waals surface area contributed by atoms with E-state index in [1.165, 1.54) is 11.8 Å². The highest BCUT2D eigenvalue weighted by molar-refractivity contribution is 8.00. The van der Waals surface area contributed by atoms with E-state index in [0.29, 0.717) is 12.3 Å². The van der Waals surface area contributed by atoms with Crippen LogP contribution in [0, 0.1) is 0 Å². The van der Waals surface area contributed by atoms with Crippen molar-refractivity contribution in [3.8, 4) is 11.5 Å². The second-order valence-electron chi connectivity index (χ2n) is 5.55. The van der Waals surface area contributed by atoms with Gasteiger partial charge in [0, 0.05) is 11.4 Å². The molecule has 0 aromatic heterocycles. The van der Waals surface area contributed by atoms with Gasteiger partial charge in [-0.25, -0.2) is 0 Å². The molecule has 4 nitrogen and oxygen atoms in total. The molecular weight excluding hydrogens is 322 g/mol. The first-order chi connectivity index (χ1) is 11.6. The highest BCUT2D eigenvalue weighted by Crippen LogP contribution is 2.21. The largest absolute Gasteiger partial charge is 0.497 e. The number of methoxy groups -OCH3 is 1. The minimum atomic E-state index is 0.00555. The van der Waals surface area contributed by atoms with Crippen LogP contribution < -0.4 is 14.8 Å². The first-order valence-electron chi connectivity index (χ1n) is 7.86. The predicted molar refractivity (Wildman–Crippen MR) is 97.8 cm³/mol. The third-order valence-corrected chi connectivity index (χ3v) is 4.20.